The van der Waals surface area contributed by atoms with E-state index >= 15 is 0 Å². The molecule has 0 bridgehead atoms. The van der Waals surface area contributed by atoms with Crippen LogP contribution >= 0.6 is 0 Å². The maximum Gasteiger partial charge on any atom is -0.0152 e. The first-order valence-corrected chi connectivity index (χ1v) is 5.76. The van der Waals surface area contributed by atoms with Gasteiger partial charge in [0.1, 0.15) is 0 Å². The molecule has 0 fully saturated rings. The van der Waals surface area contributed by atoms with Gasteiger partial charge >= 0.3 is 0 Å². The smallest absolute Gasteiger partial charge is 0.0152 e. The van der Waals surface area contributed by atoms with Crippen LogP contribution in [0.4, 0.5) is 0 Å². The lowest BCUT2D eigenvalue weighted by Crippen LogP contribution is -1.85. The third-order valence-electron chi connectivity index (χ3n) is 2.58. The molecule has 2 rings (SSSR count). The summed E-state index contributed by atoms with van der Waals surface area (Å²) in [7, 11) is 0. The van der Waals surface area contributed by atoms with Crippen molar-refractivity contribution in [3.63, 3.8) is 0 Å². The number of carbonyl (C=O) groups excluding carboxylic acids is 2. The summed E-state index contributed by atoms with van der Waals surface area (Å²) in [6.07, 6.45) is 1.00. The zero-order valence-electron chi connectivity index (χ0n) is 11.3. The molecule has 0 spiro atoms. The largest absolute Gasteiger partial charge is 0.724 e. The second-order valence-corrected chi connectivity index (χ2v) is 3.81. The van der Waals surface area contributed by atoms with Crippen molar-refractivity contribution in [2.45, 2.75) is 13.8 Å². The van der Waals surface area contributed by atoms with Crippen molar-refractivity contribution in [3.8, 4) is 11.1 Å². The molecule has 0 N–H and O–H groups in total. The van der Waals surface area contributed by atoms with E-state index in [1.807, 2.05) is 0 Å². The fourth-order valence-corrected chi connectivity index (χ4v) is 1.75. The number of hydrogen-bond acceptors (Lipinski definition) is 2. The van der Waals surface area contributed by atoms with Gasteiger partial charge in [0.2, 0.25) is 0 Å². The molecule has 0 unspecified atom stereocenters. The molecule has 2 aromatic rings. The van der Waals surface area contributed by atoms with E-state index < -0.39 is 0 Å². The Bertz CT molecular complexity index is 554. The van der Waals surface area contributed by atoms with Crippen molar-refractivity contribution in [2.24, 2.45) is 0 Å². The molecule has 0 amide bonds. The second kappa shape index (κ2) is 10.2. The average molecular weight is 266 g/mol. The standard InChI is InChI=1S/C14H14.2CNO/c1-11-7-3-5-9-13(11)14-10-6-4-8-12(14)2;2*2-1-3/h3-10H,1-2H3;;/q;2*-1. The van der Waals surface area contributed by atoms with E-state index in [-0.39, 0.29) is 0 Å². The van der Waals surface area contributed by atoms with Crippen LogP contribution in [0.2, 0.25) is 0 Å². The van der Waals surface area contributed by atoms with Crippen molar-refractivity contribution >= 4 is 12.2 Å². The number of isocyanates is 2. The molecular weight excluding hydrogens is 252 g/mol. The molecule has 0 aliphatic heterocycles. The Morgan fingerprint density at radius 3 is 1.20 bits per heavy atom. The predicted molar refractivity (Wildman–Crippen MR) is 79.5 cm³/mol. The first-order valence-electron chi connectivity index (χ1n) is 5.76. The summed E-state index contributed by atoms with van der Waals surface area (Å²) in [5.74, 6) is 0. The molecule has 0 saturated carbocycles. The van der Waals surface area contributed by atoms with Gasteiger partial charge < -0.3 is 10.8 Å². The van der Waals surface area contributed by atoms with Gasteiger partial charge in [0.05, 0.1) is 0 Å². The molecule has 0 saturated heterocycles. The van der Waals surface area contributed by atoms with Crippen molar-refractivity contribution in [1.29, 1.82) is 0 Å². The molecule has 102 valence electrons. The lowest BCUT2D eigenvalue weighted by molar-refractivity contribution is 0.568. The summed E-state index contributed by atoms with van der Waals surface area (Å²) in [5, 5.41) is 13.5. The number of benzene rings is 2. The van der Waals surface area contributed by atoms with E-state index in [0.717, 1.165) is 0 Å². The number of rotatable bonds is 1. The minimum absolute atomic E-state index is 0.500. The number of nitrogens with zero attached hydrogens (tertiary/aromatic N) is 2. The van der Waals surface area contributed by atoms with Crippen LogP contribution in [0.1, 0.15) is 11.1 Å². The van der Waals surface area contributed by atoms with E-state index in [9.17, 15) is 0 Å². The Morgan fingerprint density at radius 1 is 0.700 bits per heavy atom. The van der Waals surface area contributed by atoms with Crippen LogP contribution in [0.25, 0.3) is 21.9 Å². The van der Waals surface area contributed by atoms with Gasteiger partial charge in [-0.15, -0.1) is 0 Å². The fraction of sp³-hybridized carbons (Fsp3) is 0.125. The minimum atomic E-state index is 0.500. The van der Waals surface area contributed by atoms with Crippen LogP contribution in [0, 0.1) is 13.8 Å². The van der Waals surface area contributed by atoms with Crippen LogP contribution in [0.5, 0.6) is 0 Å². The Balaban J connectivity index is 0.000000520. The molecule has 4 nitrogen and oxygen atoms in total. The van der Waals surface area contributed by atoms with Crippen LogP contribution in [-0.4, -0.2) is 12.2 Å². The molecule has 20 heavy (non-hydrogen) atoms. The first-order chi connectivity index (χ1) is 9.62. The van der Waals surface area contributed by atoms with Crippen molar-refractivity contribution in [1.82, 2.24) is 0 Å². The summed E-state index contributed by atoms with van der Waals surface area (Å²) >= 11 is 0. The summed E-state index contributed by atoms with van der Waals surface area (Å²) in [6.45, 7) is 4.31. The normalized spacial score (nSPS) is 7.90. The first kappa shape index (κ1) is 17.2. The van der Waals surface area contributed by atoms with Gasteiger partial charge in [-0.1, -0.05) is 48.5 Å². The SMILES string of the molecule is Cc1ccccc1-c1ccccc1C.[N-]=C=O.[N-]=C=O. The highest BCUT2D eigenvalue weighted by Gasteiger charge is 2.02. The zero-order chi connectivity index (χ0) is 15.4. The molecule has 0 aliphatic carbocycles. The van der Waals surface area contributed by atoms with Gasteiger partial charge in [-0.25, -0.2) is 0 Å². The van der Waals surface area contributed by atoms with Gasteiger partial charge in [-0.2, -0.15) is 0 Å². The molecular formula is C16H14N2O2-2. The van der Waals surface area contributed by atoms with Gasteiger partial charge in [0.15, 0.2) is 0 Å². The van der Waals surface area contributed by atoms with Gasteiger partial charge in [0.25, 0.3) is 0 Å². The molecule has 4 heteroatoms. The fourth-order valence-electron chi connectivity index (χ4n) is 1.75. The van der Waals surface area contributed by atoms with Gasteiger partial charge in [-0.3, -0.25) is 9.59 Å². The highest BCUT2D eigenvalue weighted by atomic mass is 16.1. The van der Waals surface area contributed by atoms with E-state index in [2.05, 4.69) is 62.4 Å². The van der Waals surface area contributed by atoms with Gasteiger partial charge in [0, 0.05) is 0 Å². The summed E-state index contributed by atoms with van der Waals surface area (Å²) in [4.78, 5) is 16.5. The average Bonchev–Trinajstić information content (AvgIpc) is 2.42. The highest BCUT2D eigenvalue weighted by Crippen LogP contribution is 2.25. The van der Waals surface area contributed by atoms with Gasteiger partial charge in [-0.05, 0) is 48.3 Å². The zero-order valence-corrected chi connectivity index (χ0v) is 11.3. The van der Waals surface area contributed by atoms with Crippen LogP contribution in [-0.2, 0) is 9.59 Å². The Morgan fingerprint density at radius 2 is 0.950 bits per heavy atom. The summed E-state index contributed by atoms with van der Waals surface area (Å²) in [5.41, 5.74) is 5.35. The van der Waals surface area contributed by atoms with E-state index in [1.54, 1.807) is 0 Å². The monoisotopic (exact) mass is 266 g/mol. The van der Waals surface area contributed by atoms with E-state index in [0.29, 0.717) is 12.2 Å². The highest BCUT2D eigenvalue weighted by molar-refractivity contribution is 5.70. The molecule has 0 heterocycles. The van der Waals surface area contributed by atoms with Crippen LogP contribution < -0.4 is 0 Å². The number of hydrogen-bond donors (Lipinski definition) is 0. The number of aryl methyl sites for hydroxylation is 2. The Labute approximate surface area is 118 Å². The van der Waals surface area contributed by atoms with Crippen molar-refractivity contribution < 1.29 is 9.59 Å². The maximum absolute atomic E-state index is 8.24. The summed E-state index contributed by atoms with van der Waals surface area (Å²) in [6, 6.07) is 17.0. The predicted octanol–water partition coefficient (Wildman–Crippen LogP) is 3.75. The van der Waals surface area contributed by atoms with Crippen LogP contribution in [0.3, 0.4) is 0 Å². The van der Waals surface area contributed by atoms with E-state index in [4.69, 9.17) is 20.4 Å². The van der Waals surface area contributed by atoms with Crippen LogP contribution in [0.15, 0.2) is 48.5 Å². The molecule has 0 atom stereocenters. The molecule has 0 aromatic heterocycles. The third-order valence-corrected chi connectivity index (χ3v) is 2.58. The van der Waals surface area contributed by atoms with Crippen molar-refractivity contribution in [3.05, 3.63) is 70.5 Å². The Kier molecular flexibility index (Phi) is 8.73. The molecule has 0 aliphatic rings. The maximum atomic E-state index is 8.24. The lowest BCUT2D eigenvalue weighted by atomic mass is 9.97. The minimum Gasteiger partial charge on any atom is -0.724 e. The molecule has 0 radical (unpaired) electrons. The second-order valence-electron chi connectivity index (χ2n) is 3.81. The molecule has 2 aromatic carbocycles. The summed E-state index contributed by atoms with van der Waals surface area (Å²) < 4.78 is 0. The third kappa shape index (κ3) is 5.69. The van der Waals surface area contributed by atoms with Crippen molar-refractivity contribution in [2.75, 3.05) is 0 Å². The van der Waals surface area contributed by atoms with E-state index in [1.165, 1.54) is 22.3 Å². The lowest BCUT2D eigenvalue weighted by Gasteiger charge is -2.08. The quantitative estimate of drug-likeness (QED) is 0.582. The Hall–Kier alpha value is -2.80. The topological polar surface area (TPSA) is 78.7 Å².